The predicted molar refractivity (Wildman–Crippen MR) is 96.6 cm³/mol. The molecule has 0 spiro atoms. The molecule has 0 aromatic carbocycles. The van der Waals surface area contributed by atoms with Gasteiger partial charge in [0, 0.05) is 45.8 Å². The first kappa shape index (κ1) is 18.0. The van der Waals surface area contributed by atoms with Crippen LogP contribution in [0.2, 0.25) is 0 Å². The van der Waals surface area contributed by atoms with Crippen LogP contribution in [0.4, 0.5) is 0 Å². The van der Waals surface area contributed by atoms with Crippen molar-refractivity contribution in [3.63, 3.8) is 0 Å². The normalized spacial score (nSPS) is 27.6. The molecule has 1 unspecified atom stereocenters. The molecule has 0 amide bonds. The van der Waals surface area contributed by atoms with Crippen LogP contribution >= 0.6 is 0 Å². The van der Waals surface area contributed by atoms with E-state index in [9.17, 15) is 0 Å². The number of nitrogens with one attached hydrogen (secondary N) is 1. The molecule has 1 saturated carbocycles. The van der Waals surface area contributed by atoms with Crippen LogP contribution in [0.3, 0.4) is 0 Å². The highest BCUT2D eigenvalue weighted by Gasteiger charge is 2.30. The minimum Gasteiger partial charge on any atom is -0.379 e. The van der Waals surface area contributed by atoms with E-state index < -0.39 is 0 Å². The van der Waals surface area contributed by atoms with E-state index in [0.29, 0.717) is 12.1 Å². The Morgan fingerprint density at radius 1 is 1.12 bits per heavy atom. The number of morpholine rings is 1. The fourth-order valence-corrected chi connectivity index (χ4v) is 4.13. The van der Waals surface area contributed by atoms with Crippen molar-refractivity contribution >= 4 is 5.96 Å². The number of hydrogen-bond acceptors (Lipinski definition) is 4. The summed E-state index contributed by atoms with van der Waals surface area (Å²) in [5.41, 5.74) is 0. The number of rotatable bonds is 5. The molecule has 2 aliphatic heterocycles. The summed E-state index contributed by atoms with van der Waals surface area (Å²) in [6.45, 7) is 7.68. The zero-order valence-electron chi connectivity index (χ0n) is 15.2. The van der Waals surface area contributed by atoms with Crippen LogP contribution in [0.15, 0.2) is 4.99 Å². The quantitative estimate of drug-likeness (QED) is 0.465. The maximum Gasteiger partial charge on any atom is 0.193 e. The minimum atomic E-state index is 0.486. The third-order valence-electron chi connectivity index (χ3n) is 5.53. The van der Waals surface area contributed by atoms with Gasteiger partial charge in [-0.15, -0.1) is 0 Å². The second-order valence-corrected chi connectivity index (χ2v) is 7.14. The topological polar surface area (TPSA) is 49.3 Å². The van der Waals surface area contributed by atoms with E-state index in [0.717, 1.165) is 58.5 Å². The fraction of sp³-hybridized carbons (Fsp3) is 0.944. The average Bonchev–Trinajstić information content (AvgIpc) is 3.13. The third kappa shape index (κ3) is 5.07. The molecule has 3 fully saturated rings. The lowest BCUT2D eigenvalue weighted by atomic mass is 9.98. The van der Waals surface area contributed by atoms with Gasteiger partial charge in [0.2, 0.25) is 0 Å². The molecule has 2 saturated heterocycles. The Balaban J connectivity index is 1.35. The van der Waals surface area contributed by atoms with Gasteiger partial charge in [-0.05, 0) is 19.3 Å². The van der Waals surface area contributed by atoms with Crippen molar-refractivity contribution in [2.24, 2.45) is 4.99 Å². The summed E-state index contributed by atoms with van der Waals surface area (Å²) in [5, 5.41) is 3.48. The summed E-state index contributed by atoms with van der Waals surface area (Å²) in [6, 6.07) is 0.644. The second-order valence-electron chi connectivity index (χ2n) is 7.14. The molecule has 2 heterocycles. The lowest BCUT2D eigenvalue weighted by Crippen LogP contribution is -2.47. The van der Waals surface area contributed by atoms with E-state index in [-0.39, 0.29) is 0 Å². The van der Waals surface area contributed by atoms with Crippen LogP contribution in [-0.2, 0) is 9.47 Å². The van der Waals surface area contributed by atoms with E-state index in [1.807, 2.05) is 7.05 Å². The summed E-state index contributed by atoms with van der Waals surface area (Å²) < 4.78 is 11.5. The van der Waals surface area contributed by atoms with Gasteiger partial charge in [-0.25, -0.2) is 0 Å². The first-order valence-corrected chi connectivity index (χ1v) is 9.76. The van der Waals surface area contributed by atoms with Gasteiger partial charge in [0.05, 0.1) is 25.9 Å². The Morgan fingerprint density at radius 2 is 1.92 bits per heavy atom. The van der Waals surface area contributed by atoms with Gasteiger partial charge in [-0.1, -0.05) is 19.3 Å². The Hall–Kier alpha value is -0.850. The van der Waals surface area contributed by atoms with Crippen LogP contribution in [0, 0.1) is 0 Å². The molecule has 1 atom stereocenters. The molecule has 0 bridgehead atoms. The number of guanidine groups is 1. The largest absolute Gasteiger partial charge is 0.379 e. The molecule has 0 radical (unpaired) electrons. The molecule has 3 rings (SSSR count). The van der Waals surface area contributed by atoms with Crippen LogP contribution in [-0.4, -0.2) is 87.5 Å². The summed E-state index contributed by atoms with van der Waals surface area (Å²) in [6.07, 6.45) is 8.22. The zero-order chi connectivity index (χ0) is 16.6. The third-order valence-corrected chi connectivity index (χ3v) is 5.53. The van der Waals surface area contributed by atoms with E-state index in [2.05, 4.69) is 20.1 Å². The predicted octanol–water partition coefficient (Wildman–Crippen LogP) is 1.32. The number of nitrogens with zero attached hydrogens (tertiary/aromatic N) is 3. The summed E-state index contributed by atoms with van der Waals surface area (Å²) in [5.74, 6) is 1.03. The van der Waals surface area contributed by atoms with Crippen LogP contribution < -0.4 is 5.32 Å². The van der Waals surface area contributed by atoms with Crippen molar-refractivity contribution in [3.8, 4) is 0 Å². The fourth-order valence-electron chi connectivity index (χ4n) is 4.13. The highest BCUT2D eigenvalue weighted by Crippen LogP contribution is 2.20. The zero-order valence-corrected chi connectivity index (χ0v) is 15.2. The maximum absolute atomic E-state index is 6.00. The first-order chi connectivity index (χ1) is 11.9. The minimum absolute atomic E-state index is 0.486. The Kier molecular flexibility index (Phi) is 7.17. The molecule has 0 aromatic rings. The highest BCUT2D eigenvalue weighted by molar-refractivity contribution is 5.80. The lowest BCUT2D eigenvalue weighted by molar-refractivity contribution is 0.0194. The van der Waals surface area contributed by atoms with Gasteiger partial charge in [-0.2, -0.15) is 0 Å². The van der Waals surface area contributed by atoms with Crippen LogP contribution in [0.1, 0.15) is 38.5 Å². The number of hydrogen-bond donors (Lipinski definition) is 1. The number of aliphatic imine (C=N–C) groups is 1. The number of ether oxygens (including phenoxy) is 2. The molecule has 24 heavy (non-hydrogen) atoms. The van der Waals surface area contributed by atoms with Crippen molar-refractivity contribution in [3.05, 3.63) is 0 Å². The van der Waals surface area contributed by atoms with E-state index in [1.54, 1.807) is 0 Å². The van der Waals surface area contributed by atoms with Crippen molar-refractivity contribution < 1.29 is 9.47 Å². The standard InChI is InChI=1S/C18H34N4O2/c1-19-18(20-8-12-24-17-5-3-2-4-6-17)22-9-7-16(15-22)21-10-13-23-14-11-21/h16-17H,2-15H2,1H3,(H,19,20). The Bertz CT molecular complexity index is 392. The molecule has 1 N–H and O–H groups in total. The van der Waals surface area contributed by atoms with Crippen molar-refractivity contribution in [1.82, 2.24) is 15.1 Å². The van der Waals surface area contributed by atoms with Gasteiger partial charge in [0.1, 0.15) is 0 Å². The Labute approximate surface area is 146 Å². The molecule has 3 aliphatic rings. The van der Waals surface area contributed by atoms with Gasteiger partial charge in [0.15, 0.2) is 5.96 Å². The molecular weight excluding hydrogens is 304 g/mol. The van der Waals surface area contributed by atoms with E-state index in [4.69, 9.17) is 9.47 Å². The molecule has 138 valence electrons. The smallest absolute Gasteiger partial charge is 0.193 e. The summed E-state index contributed by atoms with van der Waals surface area (Å²) >= 11 is 0. The van der Waals surface area contributed by atoms with Crippen molar-refractivity contribution in [1.29, 1.82) is 0 Å². The summed E-state index contributed by atoms with van der Waals surface area (Å²) in [4.78, 5) is 9.43. The maximum atomic E-state index is 6.00. The first-order valence-electron chi connectivity index (χ1n) is 9.76. The Morgan fingerprint density at radius 3 is 2.67 bits per heavy atom. The lowest BCUT2D eigenvalue weighted by Gasteiger charge is -2.32. The summed E-state index contributed by atoms with van der Waals surface area (Å²) in [7, 11) is 1.88. The molecule has 6 heteroatoms. The van der Waals surface area contributed by atoms with E-state index >= 15 is 0 Å². The molecular formula is C18H34N4O2. The SMILES string of the molecule is CN=C(NCCOC1CCCCC1)N1CCC(N2CCOCC2)C1. The van der Waals surface area contributed by atoms with Crippen LogP contribution in [0.25, 0.3) is 0 Å². The van der Waals surface area contributed by atoms with Gasteiger partial charge >= 0.3 is 0 Å². The molecule has 6 nitrogen and oxygen atoms in total. The molecule has 1 aliphatic carbocycles. The highest BCUT2D eigenvalue weighted by atomic mass is 16.5. The monoisotopic (exact) mass is 338 g/mol. The van der Waals surface area contributed by atoms with Gasteiger partial charge in [0.25, 0.3) is 0 Å². The van der Waals surface area contributed by atoms with Crippen molar-refractivity contribution in [2.45, 2.75) is 50.7 Å². The molecule has 0 aromatic heterocycles. The van der Waals surface area contributed by atoms with Crippen molar-refractivity contribution in [2.75, 3.05) is 59.6 Å². The van der Waals surface area contributed by atoms with Gasteiger partial charge < -0.3 is 19.7 Å². The van der Waals surface area contributed by atoms with Crippen LogP contribution in [0.5, 0.6) is 0 Å². The average molecular weight is 338 g/mol. The van der Waals surface area contributed by atoms with Gasteiger partial charge in [-0.3, -0.25) is 9.89 Å². The van der Waals surface area contributed by atoms with E-state index in [1.165, 1.54) is 38.5 Å². The number of likely N-dealkylation sites (tertiary alicyclic amines) is 1. The second kappa shape index (κ2) is 9.59.